The van der Waals surface area contributed by atoms with Crippen LogP contribution in [0.1, 0.15) is 12.5 Å². The van der Waals surface area contributed by atoms with E-state index in [-0.39, 0.29) is 12.1 Å². The highest BCUT2D eigenvalue weighted by Gasteiger charge is 2.31. The van der Waals surface area contributed by atoms with E-state index in [0.717, 1.165) is 23.7 Å². The lowest BCUT2D eigenvalue weighted by molar-refractivity contribution is -0.147. The zero-order valence-electron chi connectivity index (χ0n) is 10.3. The Morgan fingerprint density at radius 1 is 1.50 bits per heavy atom. The van der Waals surface area contributed by atoms with E-state index in [9.17, 15) is 4.79 Å². The average molecular weight is 262 g/mol. The molecule has 0 bridgehead atoms. The number of aromatic nitrogens is 1. The highest BCUT2D eigenvalue weighted by atomic mass is 32.1. The van der Waals surface area contributed by atoms with E-state index in [4.69, 9.17) is 4.74 Å². The van der Waals surface area contributed by atoms with Crippen LogP contribution in [0.5, 0.6) is 0 Å². The van der Waals surface area contributed by atoms with Crippen LogP contribution in [0.2, 0.25) is 0 Å². The Hall–Kier alpha value is -1.62. The number of thiazole rings is 1. The Labute approximate surface area is 109 Å². The summed E-state index contributed by atoms with van der Waals surface area (Å²) >= 11 is 1.69. The zero-order chi connectivity index (χ0) is 12.7. The largest absolute Gasteiger partial charge is 0.459 e. The fraction of sp³-hybridized carbons (Fsp3) is 0.385. The summed E-state index contributed by atoms with van der Waals surface area (Å²) in [5, 5.41) is 1.02. The summed E-state index contributed by atoms with van der Waals surface area (Å²) in [6.45, 7) is 5.02. The van der Waals surface area contributed by atoms with Gasteiger partial charge in [0.15, 0.2) is 5.13 Å². The molecule has 1 aromatic carbocycles. The summed E-state index contributed by atoms with van der Waals surface area (Å²) in [7, 11) is 0. The molecule has 1 aliphatic rings. The minimum Gasteiger partial charge on any atom is -0.459 e. The molecule has 0 unspecified atom stereocenters. The number of benzene rings is 1. The van der Waals surface area contributed by atoms with E-state index in [0.29, 0.717) is 0 Å². The molecule has 2 heterocycles. The average Bonchev–Trinajstić information content (AvgIpc) is 2.67. The van der Waals surface area contributed by atoms with Crippen molar-refractivity contribution in [3.8, 4) is 0 Å². The third kappa shape index (κ3) is 1.95. The van der Waals surface area contributed by atoms with Crippen LogP contribution >= 0.6 is 11.3 Å². The van der Waals surface area contributed by atoms with Crippen molar-refractivity contribution in [1.29, 1.82) is 0 Å². The van der Waals surface area contributed by atoms with Gasteiger partial charge in [0.25, 0.3) is 0 Å². The smallest absolute Gasteiger partial charge is 0.303 e. The van der Waals surface area contributed by atoms with Gasteiger partial charge in [-0.3, -0.25) is 4.79 Å². The second kappa shape index (κ2) is 4.24. The molecule has 5 heteroatoms. The zero-order valence-corrected chi connectivity index (χ0v) is 11.2. The number of carbonyl (C=O) groups excluding carboxylic acids is 1. The van der Waals surface area contributed by atoms with Gasteiger partial charge in [0, 0.05) is 6.92 Å². The molecule has 0 atom stereocenters. The van der Waals surface area contributed by atoms with Crippen molar-refractivity contribution >= 4 is 32.7 Å². The second-order valence-corrected chi connectivity index (χ2v) is 5.56. The van der Waals surface area contributed by atoms with Gasteiger partial charge in [-0.1, -0.05) is 23.5 Å². The van der Waals surface area contributed by atoms with Crippen LogP contribution in [0.25, 0.3) is 10.2 Å². The molecule has 4 nitrogen and oxygen atoms in total. The molecule has 3 rings (SSSR count). The van der Waals surface area contributed by atoms with Crippen LogP contribution in [-0.4, -0.2) is 30.1 Å². The standard InChI is InChI=1S/C13H14N2O2S/c1-8-4-3-5-11-12(8)14-13(18-11)15-6-10(7-15)17-9(2)16/h3-5,10H,6-7H2,1-2H3. The third-order valence-electron chi connectivity index (χ3n) is 3.06. The van der Waals surface area contributed by atoms with Crippen LogP contribution < -0.4 is 4.90 Å². The fourth-order valence-corrected chi connectivity index (χ4v) is 3.18. The Morgan fingerprint density at radius 2 is 2.28 bits per heavy atom. The van der Waals surface area contributed by atoms with E-state index >= 15 is 0 Å². The fourth-order valence-electron chi connectivity index (χ4n) is 2.11. The van der Waals surface area contributed by atoms with Crippen molar-refractivity contribution in [3.63, 3.8) is 0 Å². The lowest BCUT2D eigenvalue weighted by Crippen LogP contribution is -2.52. The van der Waals surface area contributed by atoms with Gasteiger partial charge in [-0.2, -0.15) is 0 Å². The number of hydrogen-bond acceptors (Lipinski definition) is 5. The normalized spacial score (nSPS) is 15.8. The molecule has 0 spiro atoms. The summed E-state index contributed by atoms with van der Waals surface area (Å²) in [6.07, 6.45) is 0.0237. The number of para-hydroxylation sites is 1. The maximum absolute atomic E-state index is 10.8. The van der Waals surface area contributed by atoms with Gasteiger partial charge in [-0.05, 0) is 18.6 Å². The first-order valence-corrected chi connectivity index (χ1v) is 6.73. The quantitative estimate of drug-likeness (QED) is 0.779. The first-order valence-electron chi connectivity index (χ1n) is 5.92. The number of hydrogen-bond donors (Lipinski definition) is 0. The predicted octanol–water partition coefficient (Wildman–Crippen LogP) is 2.36. The summed E-state index contributed by atoms with van der Waals surface area (Å²) in [5.74, 6) is -0.209. The number of nitrogens with zero attached hydrogens (tertiary/aromatic N) is 2. The summed E-state index contributed by atoms with van der Waals surface area (Å²) in [4.78, 5) is 17.6. The van der Waals surface area contributed by atoms with E-state index in [1.54, 1.807) is 11.3 Å². The van der Waals surface area contributed by atoms with Crippen LogP contribution in [0.15, 0.2) is 18.2 Å². The highest BCUT2D eigenvalue weighted by Crippen LogP contribution is 2.33. The van der Waals surface area contributed by atoms with Crippen LogP contribution in [0.4, 0.5) is 5.13 Å². The molecule has 2 aromatic rings. The minimum absolute atomic E-state index is 0.0237. The molecule has 94 valence electrons. The molecular formula is C13H14N2O2S. The van der Waals surface area contributed by atoms with Gasteiger partial charge >= 0.3 is 5.97 Å². The van der Waals surface area contributed by atoms with Crippen molar-refractivity contribution in [3.05, 3.63) is 23.8 Å². The first kappa shape index (κ1) is 11.5. The molecule has 18 heavy (non-hydrogen) atoms. The number of carbonyl (C=O) groups is 1. The Morgan fingerprint density at radius 3 is 2.94 bits per heavy atom. The summed E-state index contributed by atoms with van der Waals surface area (Å²) < 4.78 is 6.34. The minimum atomic E-state index is -0.209. The number of fused-ring (bicyclic) bond motifs is 1. The van der Waals surface area contributed by atoms with Crippen LogP contribution in [-0.2, 0) is 9.53 Å². The highest BCUT2D eigenvalue weighted by molar-refractivity contribution is 7.22. The Kier molecular flexibility index (Phi) is 2.70. The van der Waals surface area contributed by atoms with Gasteiger partial charge in [0.2, 0.25) is 0 Å². The number of anilines is 1. The number of ether oxygens (including phenoxy) is 1. The molecule has 1 saturated heterocycles. The molecule has 1 fully saturated rings. The van der Waals surface area contributed by atoms with E-state index in [1.165, 1.54) is 17.2 Å². The molecule has 0 saturated carbocycles. The lowest BCUT2D eigenvalue weighted by Gasteiger charge is -2.37. The van der Waals surface area contributed by atoms with Crippen LogP contribution in [0.3, 0.4) is 0 Å². The summed E-state index contributed by atoms with van der Waals surface area (Å²) in [5.41, 5.74) is 2.28. The molecular weight excluding hydrogens is 248 g/mol. The van der Waals surface area contributed by atoms with Gasteiger partial charge in [0.05, 0.1) is 23.3 Å². The van der Waals surface area contributed by atoms with Crippen LogP contribution in [0, 0.1) is 6.92 Å². The number of aryl methyl sites for hydroxylation is 1. The number of rotatable bonds is 2. The maximum Gasteiger partial charge on any atom is 0.303 e. The monoisotopic (exact) mass is 262 g/mol. The molecule has 1 aliphatic heterocycles. The van der Waals surface area contributed by atoms with E-state index in [2.05, 4.69) is 35.0 Å². The molecule has 1 aromatic heterocycles. The first-order chi connectivity index (χ1) is 8.63. The Balaban J connectivity index is 1.77. The van der Waals surface area contributed by atoms with E-state index < -0.39 is 0 Å². The van der Waals surface area contributed by atoms with Gasteiger partial charge in [0.1, 0.15) is 6.10 Å². The molecule has 0 N–H and O–H groups in total. The lowest BCUT2D eigenvalue weighted by atomic mass is 10.2. The van der Waals surface area contributed by atoms with Crippen molar-refractivity contribution in [2.24, 2.45) is 0 Å². The third-order valence-corrected chi connectivity index (χ3v) is 4.14. The van der Waals surface area contributed by atoms with Crippen molar-refractivity contribution in [1.82, 2.24) is 4.98 Å². The Bertz CT molecular complexity index is 602. The van der Waals surface area contributed by atoms with Crippen molar-refractivity contribution < 1.29 is 9.53 Å². The predicted molar refractivity (Wildman–Crippen MR) is 72.1 cm³/mol. The molecule has 0 amide bonds. The van der Waals surface area contributed by atoms with Crippen molar-refractivity contribution in [2.45, 2.75) is 20.0 Å². The summed E-state index contributed by atoms with van der Waals surface area (Å²) in [6, 6.07) is 6.22. The van der Waals surface area contributed by atoms with E-state index in [1.807, 2.05) is 0 Å². The number of esters is 1. The van der Waals surface area contributed by atoms with Crippen molar-refractivity contribution in [2.75, 3.05) is 18.0 Å². The second-order valence-electron chi connectivity index (χ2n) is 4.55. The van der Waals surface area contributed by atoms with Gasteiger partial charge < -0.3 is 9.64 Å². The van der Waals surface area contributed by atoms with Gasteiger partial charge in [-0.25, -0.2) is 4.98 Å². The topological polar surface area (TPSA) is 42.4 Å². The molecule has 0 radical (unpaired) electrons. The van der Waals surface area contributed by atoms with Gasteiger partial charge in [-0.15, -0.1) is 0 Å². The molecule has 0 aliphatic carbocycles. The SMILES string of the molecule is CC(=O)OC1CN(c2nc3c(C)cccc3s2)C1. The maximum atomic E-state index is 10.8.